The van der Waals surface area contributed by atoms with Crippen LogP contribution in [-0.2, 0) is 14.3 Å². The van der Waals surface area contributed by atoms with Gasteiger partial charge in [0.2, 0.25) is 0 Å². The van der Waals surface area contributed by atoms with Crippen molar-refractivity contribution in [2.24, 2.45) is 0 Å². The number of benzene rings is 3. The van der Waals surface area contributed by atoms with Gasteiger partial charge >= 0.3 is 0 Å². The molecule has 8 nitrogen and oxygen atoms in total. The fraction of sp³-hybridized carbons (Fsp3) is 0.233. The lowest BCUT2D eigenvalue weighted by atomic mass is 10.1. The number of methoxy groups -OCH3 is 2. The van der Waals surface area contributed by atoms with Crippen LogP contribution >= 0.6 is 11.8 Å². The molecule has 3 amide bonds. The van der Waals surface area contributed by atoms with Crippen LogP contribution in [0.5, 0.6) is 5.75 Å². The van der Waals surface area contributed by atoms with E-state index >= 15 is 0 Å². The highest BCUT2D eigenvalue weighted by Gasteiger charge is 2.39. The number of rotatable bonds is 11. The van der Waals surface area contributed by atoms with E-state index in [1.165, 1.54) is 16.7 Å². The Labute approximate surface area is 232 Å². The second kappa shape index (κ2) is 12.6. The van der Waals surface area contributed by atoms with Crippen LogP contribution in [0.4, 0.5) is 11.4 Å². The van der Waals surface area contributed by atoms with Crippen LogP contribution in [0, 0.1) is 13.8 Å². The molecule has 0 atom stereocenters. The number of carbonyl (C=O) groups is 3. The first-order chi connectivity index (χ1) is 18.8. The Kier molecular flexibility index (Phi) is 9.06. The summed E-state index contributed by atoms with van der Waals surface area (Å²) in [5.41, 5.74) is 4.04. The van der Waals surface area contributed by atoms with Gasteiger partial charge in [0.05, 0.1) is 12.8 Å². The van der Waals surface area contributed by atoms with E-state index in [9.17, 15) is 14.4 Å². The van der Waals surface area contributed by atoms with Crippen LogP contribution in [0.15, 0.2) is 82.2 Å². The monoisotopic (exact) mass is 545 g/mol. The highest BCUT2D eigenvalue weighted by atomic mass is 32.2. The van der Waals surface area contributed by atoms with E-state index in [1.54, 1.807) is 50.6 Å². The molecule has 1 aliphatic heterocycles. The lowest BCUT2D eigenvalue weighted by Crippen LogP contribution is -2.33. The summed E-state index contributed by atoms with van der Waals surface area (Å²) < 4.78 is 10.6. The van der Waals surface area contributed by atoms with Crippen molar-refractivity contribution in [2.75, 3.05) is 38.0 Å². The molecule has 3 aromatic rings. The van der Waals surface area contributed by atoms with Gasteiger partial charge in [-0.15, -0.1) is 0 Å². The summed E-state index contributed by atoms with van der Waals surface area (Å²) in [5, 5.41) is 6.05. The summed E-state index contributed by atoms with van der Waals surface area (Å²) in [6.45, 7) is 4.58. The number of anilines is 2. The molecule has 0 aromatic heterocycles. The van der Waals surface area contributed by atoms with Gasteiger partial charge in [-0.05, 0) is 74.4 Å². The molecule has 1 heterocycles. The molecule has 0 saturated carbocycles. The second-order valence-corrected chi connectivity index (χ2v) is 10.2. The molecule has 9 heteroatoms. The first-order valence-electron chi connectivity index (χ1n) is 12.5. The zero-order valence-corrected chi connectivity index (χ0v) is 23.2. The van der Waals surface area contributed by atoms with Crippen LogP contribution in [0.3, 0.4) is 0 Å². The van der Waals surface area contributed by atoms with Crippen molar-refractivity contribution >= 4 is 40.9 Å². The number of hydrogen-bond acceptors (Lipinski definition) is 7. The molecule has 0 unspecified atom stereocenters. The molecule has 2 N–H and O–H groups in total. The molecule has 0 bridgehead atoms. The normalized spacial score (nSPS) is 13.2. The van der Waals surface area contributed by atoms with Crippen molar-refractivity contribution in [1.29, 1.82) is 0 Å². The van der Waals surface area contributed by atoms with Gasteiger partial charge in [-0.3, -0.25) is 19.3 Å². The van der Waals surface area contributed by atoms with Gasteiger partial charge in [-0.2, -0.15) is 0 Å². The fourth-order valence-electron chi connectivity index (χ4n) is 4.02. The third-order valence-electron chi connectivity index (χ3n) is 6.12. The first kappa shape index (κ1) is 27.9. The molecular weight excluding hydrogens is 514 g/mol. The van der Waals surface area contributed by atoms with Crippen molar-refractivity contribution in [3.05, 3.63) is 94.0 Å². The van der Waals surface area contributed by atoms with Gasteiger partial charge in [-0.25, -0.2) is 0 Å². The number of carbonyl (C=O) groups excluding carboxylic acids is 3. The molecule has 1 aliphatic rings. The molecule has 0 spiro atoms. The Morgan fingerprint density at radius 1 is 0.897 bits per heavy atom. The van der Waals surface area contributed by atoms with E-state index in [1.807, 2.05) is 44.2 Å². The number of nitrogens with zero attached hydrogens (tertiary/aromatic N) is 1. The number of amides is 3. The molecule has 0 fully saturated rings. The van der Waals surface area contributed by atoms with Crippen molar-refractivity contribution in [2.45, 2.75) is 25.2 Å². The second-order valence-electron chi connectivity index (χ2n) is 9.09. The van der Waals surface area contributed by atoms with E-state index in [0.29, 0.717) is 35.7 Å². The predicted octanol–water partition coefficient (Wildman–Crippen LogP) is 5.39. The van der Waals surface area contributed by atoms with Crippen molar-refractivity contribution < 1.29 is 23.9 Å². The van der Waals surface area contributed by atoms with E-state index < -0.39 is 5.91 Å². The zero-order valence-electron chi connectivity index (χ0n) is 22.4. The van der Waals surface area contributed by atoms with Crippen LogP contribution in [0.2, 0.25) is 0 Å². The summed E-state index contributed by atoms with van der Waals surface area (Å²) in [4.78, 5) is 41.6. The Balaban J connectivity index is 1.57. The summed E-state index contributed by atoms with van der Waals surface area (Å²) in [7, 11) is 3.13. The van der Waals surface area contributed by atoms with Crippen LogP contribution in [0.25, 0.3) is 0 Å². The number of aryl methyl sites for hydroxylation is 2. The maximum absolute atomic E-state index is 13.4. The van der Waals surface area contributed by atoms with Gasteiger partial charge in [0.25, 0.3) is 17.7 Å². The molecule has 0 saturated heterocycles. The topological polar surface area (TPSA) is 97.0 Å². The molecule has 3 aromatic carbocycles. The number of nitrogens with one attached hydrogen (secondary N) is 2. The lowest BCUT2D eigenvalue weighted by Gasteiger charge is -2.15. The minimum atomic E-state index is -0.399. The van der Waals surface area contributed by atoms with Gasteiger partial charge in [-0.1, -0.05) is 35.5 Å². The summed E-state index contributed by atoms with van der Waals surface area (Å²) in [6, 6.07) is 20.1. The molecule has 0 aliphatic carbocycles. The molecule has 202 valence electrons. The van der Waals surface area contributed by atoms with Crippen LogP contribution < -0.4 is 15.4 Å². The largest absolute Gasteiger partial charge is 0.495 e. The molecule has 0 radical (unpaired) electrons. The SMILES string of the molecule is COCCCN1C(=O)C(Nc2cc(C)ccc2OC)=C(Sc2ccc(NC(=O)c3ccc(C)cc3)cc2)C1=O. The minimum absolute atomic E-state index is 0.197. The van der Waals surface area contributed by atoms with E-state index in [0.717, 1.165) is 16.0 Å². The average molecular weight is 546 g/mol. The predicted molar refractivity (Wildman–Crippen MR) is 153 cm³/mol. The smallest absolute Gasteiger partial charge is 0.278 e. The summed E-state index contributed by atoms with van der Waals surface area (Å²) >= 11 is 1.20. The zero-order chi connectivity index (χ0) is 27.9. The first-order valence-corrected chi connectivity index (χ1v) is 13.3. The van der Waals surface area contributed by atoms with E-state index in [4.69, 9.17) is 9.47 Å². The minimum Gasteiger partial charge on any atom is -0.495 e. The van der Waals surface area contributed by atoms with Gasteiger partial charge < -0.3 is 20.1 Å². The number of ether oxygens (including phenoxy) is 2. The third-order valence-corrected chi connectivity index (χ3v) is 7.21. The Bertz CT molecular complexity index is 1400. The van der Waals surface area contributed by atoms with Gasteiger partial charge in [0.1, 0.15) is 16.4 Å². The van der Waals surface area contributed by atoms with Crippen LogP contribution in [0.1, 0.15) is 27.9 Å². The van der Waals surface area contributed by atoms with E-state index in [-0.39, 0.29) is 29.0 Å². The quantitative estimate of drug-likeness (QED) is 0.246. The summed E-state index contributed by atoms with van der Waals surface area (Å²) in [5.74, 6) is -0.416. The Morgan fingerprint density at radius 2 is 1.59 bits per heavy atom. The highest BCUT2D eigenvalue weighted by molar-refractivity contribution is 8.04. The molecule has 39 heavy (non-hydrogen) atoms. The highest BCUT2D eigenvalue weighted by Crippen LogP contribution is 2.38. The van der Waals surface area contributed by atoms with Crippen molar-refractivity contribution in [3.8, 4) is 5.75 Å². The van der Waals surface area contributed by atoms with E-state index in [2.05, 4.69) is 10.6 Å². The van der Waals surface area contributed by atoms with Gasteiger partial charge in [0, 0.05) is 36.4 Å². The van der Waals surface area contributed by atoms with Crippen molar-refractivity contribution in [1.82, 2.24) is 4.90 Å². The summed E-state index contributed by atoms with van der Waals surface area (Å²) in [6.07, 6.45) is 0.530. The fourth-order valence-corrected chi connectivity index (χ4v) is 4.96. The maximum Gasteiger partial charge on any atom is 0.278 e. The number of hydrogen-bond donors (Lipinski definition) is 2. The lowest BCUT2D eigenvalue weighted by molar-refractivity contribution is -0.137. The average Bonchev–Trinajstić information content (AvgIpc) is 3.14. The molecule has 4 rings (SSSR count). The van der Waals surface area contributed by atoms with Gasteiger partial charge in [0.15, 0.2) is 0 Å². The number of imide groups is 1. The number of thioether (sulfide) groups is 1. The molecular formula is C30H31N3O5S. The Morgan fingerprint density at radius 3 is 2.26 bits per heavy atom. The Hall–Kier alpha value is -4.08. The maximum atomic E-state index is 13.4. The third kappa shape index (κ3) is 6.68. The van der Waals surface area contributed by atoms with Crippen molar-refractivity contribution in [3.63, 3.8) is 0 Å². The standard InChI is InChI=1S/C30H31N3O5S/c1-19-6-9-21(10-7-19)28(34)31-22-11-13-23(14-12-22)39-27-26(29(35)33(30(27)36)16-5-17-37-3)32-24-18-20(2)8-15-25(24)38-4/h6-15,18,32H,5,16-17H2,1-4H3,(H,31,34). The van der Waals surface area contributed by atoms with Crippen LogP contribution in [-0.4, -0.2) is 50.0 Å².